The van der Waals surface area contributed by atoms with Crippen LogP contribution in [0.2, 0.25) is 0 Å². The quantitative estimate of drug-likeness (QED) is 0.696. The van der Waals surface area contributed by atoms with E-state index in [9.17, 15) is 4.79 Å². The van der Waals surface area contributed by atoms with Crippen molar-refractivity contribution in [2.24, 2.45) is 5.92 Å². The third-order valence-electron chi connectivity index (χ3n) is 4.20. The number of ether oxygens (including phenoxy) is 1. The normalized spacial score (nSPS) is 10.8. The van der Waals surface area contributed by atoms with E-state index in [-0.39, 0.29) is 5.91 Å². The zero-order valence-electron chi connectivity index (χ0n) is 15.8. The average molecular weight is 364 g/mol. The lowest BCUT2D eigenvalue weighted by atomic mass is 10.1. The van der Waals surface area contributed by atoms with Gasteiger partial charge in [0.15, 0.2) is 0 Å². The van der Waals surface area contributed by atoms with E-state index < -0.39 is 0 Å². The number of hydrogen-bond donors (Lipinski definition) is 1. The van der Waals surface area contributed by atoms with Crippen LogP contribution in [0.3, 0.4) is 0 Å². The smallest absolute Gasteiger partial charge is 0.251 e. The molecule has 0 atom stereocenters. The average Bonchev–Trinajstić information content (AvgIpc) is 3.12. The van der Waals surface area contributed by atoms with E-state index in [0.29, 0.717) is 23.8 Å². The van der Waals surface area contributed by atoms with Gasteiger partial charge in [-0.1, -0.05) is 26.0 Å². The first-order valence-corrected chi connectivity index (χ1v) is 8.95. The molecule has 2 heterocycles. The van der Waals surface area contributed by atoms with Crippen LogP contribution in [0.15, 0.2) is 55.1 Å². The van der Waals surface area contributed by atoms with Gasteiger partial charge in [0.05, 0.1) is 25.7 Å². The van der Waals surface area contributed by atoms with Crippen molar-refractivity contribution < 1.29 is 9.53 Å². The van der Waals surface area contributed by atoms with Gasteiger partial charge < -0.3 is 14.6 Å². The highest BCUT2D eigenvalue weighted by molar-refractivity contribution is 5.94. The summed E-state index contributed by atoms with van der Waals surface area (Å²) in [4.78, 5) is 21.0. The Labute approximate surface area is 159 Å². The van der Waals surface area contributed by atoms with Crippen molar-refractivity contribution in [2.75, 3.05) is 7.11 Å². The van der Waals surface area contributed by atoms with Crippen molar-refractivity contribution in [1.82, 2.24) is 19.9 Å². The number of hydrogen-bond acceptors (Lipinski definition) is 4. The molecule has 6 heteroatoms. The van der Waals surface area contributed by atoms with Crippen molar-refractivity contribution in [1.29, 1.82) is 0 Å². The van der Waals surface area contributed by atoms with Crippen LogP contribution in [0.25, 0.3) is 11.3 Å². The summed E-state index contributed by atoms with van der Waals surface area (Å²) in [5.74, 6) is 1.10. The van der Waals surface area contributed by atoms with Gasteiger partial charge in [0.2, 0.25) is 0 Å². The van der Waals surface area contributed by atoms with Gasteiger partial charge >= 0.3 is 0 Å². The molecule has 27 heavy (non-hydrogen) atoms. The molecule has 0 spiro atoms. The number of methoxy groups -OCH3 is 1. The maximum absolute atomic E-state index is 12.5. The maximum atomic E-state index is 12.5. The van der Waals surface area contributed by atoms with Crippen LogP contribution in [0.4, 0.5) is 0 Å². The monoisotopic (exact) mass is 364 g/mol. The van der Waals surface area contributed by atoms with Gasteiger partial charge in [0.25, 0.3) is 5.91 Å². The molecule has 6 nitrogen and oxygen atoms in total. The van der Waals surface area contributed by atoms with Crippen molar-refractivity contribution in [3.63, 3.8) is 0 Å². The Bertz CT molecular complexity index is 901. The number of pyridine rings is 1. The first kappa shape index (κ1) is 18.6. The summed E-state index contributed by atoms with van der Waals surface area (Å²) in [6.45, 7) is 5.63. The first-order chi connectivity index (χ1) is 13.1. The van der Waals surface area contributed by atoms with E-state index >= 15 is 0 Å². The third kappa shape index (κ3) is 4.53. The van der Waals surface area contributed by atoms with Gasteiger partial charge in [-0.15, -0.1) is 0 Å². The Balaban J connectivity index is 1.67. The Hall–Kier alpha value is -3.15. The molecule has 0 bridgehead atoms. The van der Waals surface area contributed by atoms with Crippen LogP contribution in [-0.4, -0.2) is 27.6 Å². The number of benzene rings is 1. The summed E-state index contributed by atoms with van der Waals surface area (Å²) in [7, 11) is 1.62. The Morgan fingerprint density at radius 1 is 1.22 bits per heavy atom. The van der Waals surface area contributed by atoms with Gasteiger partial charge in [-0.2, -0.15) is 0 Å². The van der Waals surface area contributed by atoms with Gasteiger partial charge in [0.1, 0.15) is 11.4 Å². The van der Waals surface area contributed by atoms with E-state index in [2.05, 4.69) is 33.7 Å². The lowest BCUT2D eigenvalue weighted by Gasteiger charge is -2.11. The molecular weight excluding hydrogens is 340 g/mol. The number of nitrogens with zero attached hydrogens (tertiary/aromatic N) is 3. The minimum Gasteiger partial charge on any atom is -0.494 e. The molecule has 2 aromatic heterocycles. The molecule has 0 aliphatic heterocycles. The van der Waals surface area contributed by atoms with Crippen LogP contribution in [-0.2, 0) is 13.1 Å². The van der Waals surface area contributed by atoms with Crippen LogP contribution in [0.1, 0.15) is 29.9 Å². The SMILES string of the molecule is COc1cccnc1-c1ccc(C(=O)NCc2cncn2CC(C)C)cc1. The lowest BCUT2D eigenvalue weighted by Crippen LogP contribution is -2.24. The lowest BCUT2D eigenvalue weighted by molar-refractivity contribution is 0.0950. The van der Waals surface area contributed by atoms with Crippen molar-refractivity contribution in [3.8, 4) is 17.0 Å². The highest BCUT2D eigenvalue weighted by Crippen LogP contribution is 2.27. The molecule has 140 valence electrons. The third-order valence-corrected chi connectivity index (χ3v) is 4.20. The second kappa shape index (κ2) is 8.49. The summed E-state index contributed by atoms with van der Waals surface area (Å²) in [5, 5.41) is 2.96. The molecule has 1 N–H and O–H groups in total. The second-order valence-electron chi connectivity index (χ2n) is 6.75. The Morgan fingerprint density at radius 2 is 2.00 bits per heavy atom. The highest BCUT2D eigenvalue weighted by Gasteiger charge is 2.11. The fraction of sp³-hybridized carbons (Fsp3) is 0.286. The van der Waals surface area contributed by atoms with E-state index in [1.54, 1.807) is 38.0 Å². The largest absolute Gasteiger partial charge is 0.494 e. The number of nitrogens with one attached hydrogen (secondary N) is 1. The summed E-state index contributed by atoms with van der Waals surface area (Å²) < 4.78 is 7.42. The Morgan fingerprint density at radius 3 is 2.70 bits per heavy atom. The molecular formula is C21H24N4O2. The van der Waals surface area contributed by atoms with E-state index in [1.165, 1.54) is 0 Å². The van der Waals surface area contributed by atoms with Gasteiger partial charge in [0, 0.05) is 30.1 Å². The summed E-state index contributed by atoms with van der Waals surface area (Å²) >= 11 is 0. The van der Waals surface area contributed by atoms with Crippen LogP contribution in [0, 0.1) is 5.92 Å². The zero-order chi connectivity index (χ0) is 19.2. The van der Waals surface area contributed by atoms with Crippen molar-refractivity contribution in [2.45, 2.75) is 26.9 Å². The molecule has 3 aromatic rings. The predicted octanol–water partition coefficient (Wildman–Crippen LogP) is 3.54. The fourth-order valence-electron chi connectivity index (χ4n) is 2.88. The second-order valence-corrected chi connectivity index (χ2v) is 6.75. The molecule has 0 aliphatic rings. The zero-order valence-corrected chi connectivity index (χ0v) is 15.8. The summed E-state index contributed by atoms with van der Waals surface area (Å²) in [6.07, 6.45) is 5.31. The van der Waals surface area contributed by atoms with Gasteiger partial charge in [-0.05, 0) is 30.2 Å². The molecule has 0 saturated heterocycles. The molecule has 1 aromatic carbocycles. The number of amides is 1. The molecule has 1 amide bonds. The van der Waals surface area contributed by atoms with Crippen LogP contribution < -0.4 is 10.1 Å². The first-order valence-electron chi connectivity index (χ1n) is 8.95. The fourth-order valence-corrected chi connectivity index (χ4v) is 2.88. The van der Waals surface area contributed by atoms with Gasteiger partial charge in [-0.25, -0.2) is 4.98 Å². The molecule has 0 unspecified atom stereocenters. The molecule has 0 radical (unpaired) electrons. The standard InChI is InChI=1S/C21H24N4O2/c1-15(2)13-25-14-22-11-18(25)12-24-21(26)17-8-6-16(7-9-17)20-19(27-3)5-4-10-23-20/h4-11,14-15H,12-13H2,1-3H3,(H,24,26). The minimum atomic E-state index is -0.119. The van der Waals surface area contributed by atoms with Crippen molar-refractivity contribution in [3.05, 3.63) is 66.4 Å². The van der Waals surface area contributed by atoms with Crippen molar-refractivity contribution >= 4 is 5.91 Å². The highest BCUT2D eigenvalue weighted by atomic mass is 16.5. The summed E-state index contributed by atoms with van der Waals surface area (Å²) in [6, 6.07) is 11.0. The van der Waals surface area contributed by atoms with E-state index in [1.807, 2.05) is 24.3 Å². The van der Waals surface area contributed by atoms with Gasteiger partial charge in [-0.3, -0.25) is 9.78 Å². The number of imidazole rings is 1. The Kier molecular flexibility index (Phi) is 5.86. The number of rotatable bonds is 7. The maximum Gasteiger partial charge on any atom is 0.251 e. The van der Waals surface area contributed by atoms with E-state index in [0.717, 1.165) is 23.5 Å². The topological polar surface area (TPSA) is 69.0 Å². The number of carbonyl (C=O) groups is 1. The molecule has 0 aliphatic carbocycles. The van der Waals surface area contributed by atoms with Crippen LogP contribution in [0.5, 0.6) is 5.75 Å². The molecule has 3 rings (SSSR count). The predicted molar refractivity (Wildman–Crippen MR) is 104 cm³/mol. The minimum absolute atomic E-state index is 0.119. The molecule has 0 saturated carbocycles. The summed E-state index contributed by atoms with van der Waals surface area (Å²) in [5.41, 5.74) is 3.25. The van der Waals surface area contributed by atoms with E-state index in [4.69, 9.17) is 4.74 Å². The number of carbonyl (C=O) groups excluding carboxylic acids is 1. The van der Waals surface area contributed by atoms with Crippen LogP contribution >= 0.6 is 0 Å². The number of aromatic nitrogens is 3. The molecule has 0 fully saturated rings.